The number of rotatable bonds is 9. The highest BCUT2D eigenvalue weighted by Gasteiger charge is 2.44. The van der Waals surface area contributed by atoms with Crippen LogP contribution in [0.2, 0.25) is 0 Å². The Morgan fingerprint density at radius 1 is 0.234 bits per heavy atom. The van der Waals surface area contributed by atoms with E-state index < -0.39 is 8.07 Å². The zero-order valence-corrected chi connectivity index (χ0v) is 89.4. The minimum atomic E-state index is -2.74. The van der Waals surface area contributed by atoms with E-state index in [1.165, 1.54) is 103 Å². The second-order valence-electron chi connectivity index (χ2n) is 46.4. The molecule has 5 aromatic heterocycles. The molecule has 714 valence electrons. The summed E-state index contributed by atoms with van der Waals surface area (Å²) >= 11 is 0. The van der Waals surface area contributed by atoms with Crippen molar-refractivity contribution in [1.29, 1.82) is 10.5 Å². The van der Waals surface area contributed by atoms with Gasteiger partial charge in [0, 0.05) is 54.9 Å². The SMILES string of the molecule is C#Cc1cccc(C#N)c1C(C)(C)C.CC(C)(C)c1cc(-c2ccccc2)nc(-c2ccccc2)c1.CC(C)(C)c1cc(-n2c3ccccc3c3ccccc32)nc(-n2c3ccccc3c3ccccc32)c1.CC(C)(C)c1cccc(-c2ccccc2)n1.CC(C)(C)c1cccc([Si](c2cccc(C(C)(C)C)c2)(c2cccc(C(C)(C)C)c2)c2cccc(C(C)(C)C)c2)c1.CC(C)(C)c1ccccc1C#N. The van der Waals surface area contributed by atoms with Crippen LogP contribution in [0, 0.1) is 35.0 Å². The monoisotopic (exact) mass is 1870 g/mol. The van der Waals surface area contributed by atoms with Gasteiger partial charge in [0.25, 0.3) is 0 Å². The van der Waals surface area contributed by atoms with Crippen molar-refractivity contribution in [3.63, 3.8) is 0 Å². The van der Waals surface area contributed by atoms with Crippen molar-refractivity contribution >= 4 is 72.4 Å². The summed E-state index contributed by atoms with van der Waals surface area (Å²) in [6, 6.07) is 137. The maximum atomic E-state index is 8.98. The highest BCUT2D eigenvalue weighted by molar-refractivity contribution is 7.20. The zero-order valence-electron chi connectivity index (χ0n) is 88.4. The molecule has 8 heteroatoms. The fraction of sp³-hybridized carbons (Fsp3) is 0.271. The second-order valence-corrected chi connectivity index (χ2v) is 50.2. The van der Waals surface area contributed by atoms with Crippen molar-refractivity contribution in [2.45, 2.75) is 236 Å². The lowest BCUT2D eigenvalue weighted by Crippen LogP contribution is -2.75. The number of hydrogen-bond donors (Lipinski definition) is 0. The summed E-state index contributed by atoms with van der Waals surface area (Å²) in [6.07, 6.45) is 5.41. The summed E-state index contributed by atoms with van der Waals surface area (Å²) < 4.78 is 4.63. The summed E-state index contributed by atoms with van der Waals surface area (Å²) in [5.74, 6) is 4.51. The molecule has 0 saturated heterocycles. The van der Waals surface area contributed by atoms with E-state index in [4.69, 9.17) is 31.9 Å². The van der Waals surface area contributed by atoms with Gasteiger partial charge < -0.3 is 0 Å². The average Bonchev–Trinajstić information content (AvgIpc) is 1.68. The Labute approximate surface area is 843 Å². The number of aromatic nitrogens is 5. The van der Waals surface area contributed by atoms with Gasteiger partial charge >= 0.3 is 0 Å². The predicted octanol–water partition coefficient (Wildman–Crippen LogP) is 32.3. The summed E-state index contributed by atoms with van der Waals surface area (Å²) in [4.78, 5) is 15.0. The molecule has 0 aliphatic heterocycles. The summed E-state index contributed by atoms with van der Waals surface area (Å²) in [6.45, 7) is 60.6. The van der Waals surface area contributed by atoms with Gasteiger partial charge in [0.15, 0.2) is 8.07 Å². The first-order valence-electron chi connectivity index (χ1n) is 49.6. The topological polar surface area (TPSA) is 96.1 Å². The number of hydrogen-bond acceptors (Lipinski definition) is 5. The van der Waals surface area contributed by atoms with Crippen molar-refractivity contribution in [3.05, 3.63) is 437 Å². The van der Waals surface area contributed by atoms with E-state index in [2.05, 4.69) is 511 Å². The first-order chi connectivity index (χ1) is 66.5. The van der Waals surface area contributed by atoms with Crippen molar-refractivity contribution < 1.29 is 0 Å². The molecule has 0 unspecified atom stereocenters. The van der Waals surface area contributed by atoms with Gasteiger partial charge in [-0.15, -0.1) is 6.42 Å². The maximum absolute atomic E-state index is 8.98. The Morgan fingerprint density at radius 3 is 0.837 bits per heavy atom. The third-order valence-corrected chi connectivity index (χ3v) is 31.0. The summed E-state index contributed by atoms with van der Waals surface area (Å²) in [7, 11) is -2.74. The molecule has 0 saturated carbocycles. The third-order valence-electron chi connectivity index (χ3n) is 26.3. The molecule has 0 amide bonds. The summed E-state index contributed by atoms with van der Waals surface area (Å²) in [5.41, 5.74) is 25.3. The minimum absolute atomic E-state index is 0.0377. The van der Waals surface area contributed by atoms with Gasteiger partial charge in [0.05, 0.1) is 62.4 Å². The van der Waals surface area contributed by atoms with Crippen LogP contribution >= 0.6 is 0 Å². The van der Waals surface area contributed by atoms with Gasteiger partial charge in [-0.3, -0.25) is 14.1 Å². The molecule has 0 atom stereocenters. The minimum Gasteiger partial charge on any atom is -0.294 e. The Hall–Kier alpha value is -14.3. The molecule has 18 aromatic rings. The molecule has 0 fully saturated rings. The molecule has 7 nitrogen and oxygen atoms in total. The van der Waals surface area contributed by atoms with Gasteiger partial charge in [0.2, 0.25) is 0 Å². The highest BCUT2D eigenvalue weighted by Crippen LogP contribution is 2.40. The van der Waals surface area contributed by atoms with Gasteiger partial charge in [-0.05, 0) is 187 Å². The molecule has 0 bridgehead atoms. The van der Waals surface area contributed by atoms with Crippen molar-refractivity contribution in [1.82, 2.24) is 24.1 Å². The Morgan fingerprint density at radius 2 is 0.525 bits per heavy atom. The van der Waals surface area contributed by atoms with Crippen LogP contribution in [0.3, 0.4) is 0 Å². The first-order valence-corrected chi connectivity index (χ1v) is 51.6. The third kappa shape index (κ3) is 24.4. The molecule has 141 heavy (non-hydrogen) atoms. The number of nitriles is 2. The fourth-order valence-corrected chi connectivity index (χ4v) is 23.2. The molecule has 0 aliphatic carbocycles. The van der Waals surface area contributed by atoms with E-state index in [1.54, 1.807) is 6.07 Å². The Kier molecular flexibility index (Phi) is 31.3. The zero-order chi connectivity index (χ0) is 102. The van der Waals surface area contributed by atoms with Crippen LogP contribution < -0.4 is 20.7 Å². The van der Waals surface area contributed by atoms with Crippen LogP contribution in [-0.4, -0.2) is 32.2 Å². The number of benzene rings is 13. The van der Waals surface area contributed by atoms with Crippen LogP contribution in [0.4, 0.5) is 0 Å². The molecule has 0 aliphatic rings. The van der Waals surface area contributed by atoms with Crippen molar-refractivity contribution in [3.8, 4) is 69.9 Å². The van der Waals surface area contributed by atoms with E-state index in [1.807, 2.05) is 66.7 Å². The van der Waals surface area contributed by atoms with Crippen LogP contribution in [0.25, 0.3) is 89.0 Å². The molecule has 5 heterocycles. The maximum Gasteiger partial charge on any atom is 0.179 e. The Bertz CT molecular complexity index is 6980. The predicted molar refractivity (Wildman–Crippen MR) is 606 cm³/mol. The second kappa shape index (κ2) is 42.4. The molecule has 0 radical (unpaired) electrons. The van der Waals surface area contributed by atoms with E-state index >= 15 is 0 Å². The van der Waals surface area contributed by atoms with Gasteiger partial charge in [-0.2, -0.15) is 10.5 Å². The van der Waals surface area contributed by atoms with Crippen LogP contribution in [0.15, 0.2) is 370 Å². The molecular weight excluding hydrogens is 1720 g/mol. The Balaban J connectivity index is 0.000000151. The van der Waals surface area contributed by atoms with Gasteiger partial charge in [0.1, 0.15) is 11.6 Å². The van der Waals surface area contributed by atoms with Crippen LogP contribution in [-0.2, 0) is 48.7 Å². The lowest BCUT2D eigenvalue weighted by atomic mass is 9.81. The van der Waals surface area contributed by atoms with Crippen LogP contribution in [0.5, 0.6) is 0 Å². The number of para-hydroxylation sites is 4. The smallest absolute Gasteiger partial charge is 0.179 e. The van der Waals surface area contributed by atoms with Crippen LogP contribution in [0.1, 0.15) is 254 Å². The quantitative estimate of drug-likeness (QED) is 0.0815. The molecule has 0 N–H and O–H groups in total. The lowest BCUT2D eigenvalue weighted by molar-refractivity contribution is 0.569. The van der Waals surface area contributed by atoms with Gasteiger partial charge in [-0.1, -0.05) is 484 Å². The first kappa shape index (κ1) is 104. The number of nitrogens with zero attached hydrogens (tertiary/aromatic N) is 7. The number of pyridine rings is 3. The molecule has 0 spiro atoms. The standard InChI is InChI=1S/C40H52Si.C33H27N3.C21H21N.C15H17N.C13H13N.C11H13N/c1-37(2,3)29-17-13-21-33(25-29)41(34-22-14-18-30(26-34)38(4,5)6,35-23-15-19-31(27-35)39(7,8)9)36-24-16-20-32(28-36)40(10,11)12;1-33(2,3)22-20-31(35-27-16-8-4-12-23(27)24-13-5-9-17-28(24)35)34-32(21-22)36-29-18-10-6-14-25(29)26-15-7-11-19-30(26)36;1-21(2,3)18-14-19(16-10-6-4-7-11-16)22-20(15-18)17-12-8-5-9-13-17;1-15(2,3)14-11-7-10-13(16-14)12-8-5-4-6-9-12;1-5-10-7-6-8-11(9-14)12(10)13(2,3)4;1-11(2,3)10-7-5-4-6-9(10)8-12/h13-28H,1-12H3;4-21H,1-3H3;4-15H,1-3H3;4-11H,1-3H3;1,6-8H,2-4H3;4-7H,1-3H3. The lowest BCUT2D eigenvalue weighted by Gasteiger charge is -2.38. The van der Waals surface area contributed by atoms with Gasteiger partial charge in [-0.25, -0.2) is 9.97 Å². The van der Waals surface area contributed by atoms with E-state index in [0.717, 1.165) is 67.8 Å². The molecule has 18 rings (SSSR count). The van der Waals surface area contributed by atoms with E-state index in [9.17, 15) is 0 Å². The van der Waals surface area contributed by atoms with Crippen molar-refractivity contribution in [2.24, 2.45) is 0 Å². The summed E-state index contributed by atoms with van der Waals surface area (Å²) in [5, 5.41) is 28.6. The average molecular weight is 1870 g/mol. The largest absolute Gasteiger partial charge is 0.294 e. The van der Waals surface area contributed by atoms with E-state index in [-0.39, 0.29) is 48.7 Å². The number of fused-ring (bicyclic) bond motifs is 6. The fourth-order valence-electron chi connectivity index (χ4n) is 18.3. The van der Waals surface area contributed by atoms with Crippen molar-refractivity contribution in [2.75, 3.05) is 0 Å². The van der Waals surface area contributed by atoms with E-state index in [0.29, 0.717) is 5.56 Å². The number of terminal acetylenes is 1. The molecular formula is C133H143N7Si. The highest BCUT2D eigenvalue weighted by atomic mass is 28.3. The normalized spacial score (nSPS) is 12.1. The molecule has 13 aromatic carbocycles.